The molecule has 0 atom stereocenters. The van der Waals surface area contributed by atoms with Crippen LogP contribution in [0.2, 0.25) is 5.02 Å². The molecule has 0 bridgehead atoms. The van der Waals surface area contributed by atoms with E-state index in [2.05, 4.69) is 16.8 Å². The lowest BCUT2D eigenvalue weighted by atomic mass is 10.2. The van der Waals surface area contributed by atoms with Crippen LogP contribution in [0.5, 0.6) is 5.75 Å². The van der Waals surface area contributed by atoms with Crippen LogP contribution in [0.3, 0.4) is 0 Å². The number of rotatable bonds is 10. The number of thiazole rings is 1. The molecule has 1 aromatic heterocycles. The Hall–Kier alpha value is -2.15. The van der Waals surface area contributed by atoms with Crippen molar-refractivity contribution in [1.82, 2.24) is 9.88 Å². The molecule has 0 radical (unpaired) electrons. The summed E-state index contributed by atoms with van der Waals surface area (Å²) in [5.74, 6) is 0.640. The first-order valence-corrected chi connectivity index (χ1v) is 11.4. The second kappa shape index (κ2) is 10.8. The van der Waals surface area contributed by atoms with Gasteiger partial charge in [0.2, 0.25) is 0 Å². The highest BCUT2D eigenvalue weighted by molar-refractivity contribution is 7.22. The van der Waals surface area contributed by atoms with Gasteiger partial charge in [0, 0.05) is 23.7 Å². The van der Waals surface area contributed by atoms with Crippen LogP contribution in [0.1, 0.15) is 36.5 Å². The lowest BCUT2D eigenvalue weighted by molar-refractivity contribution is 0.0984. The molecule has 0 N–H and O–H groups in total. The molecule has 0 aliphatic carbocycles. The standard InChI is InChI=1S/C23H28ClN3O2S/c1-4-5-6-14-29-19-9-7-8-17(15-19)22(28)27(13-12-26(2)3)23-25-20-11-10-18(24)16-21(20)30-23/h7-11,15-16H,4-6,12-14H2,1-3H3. The summed E-state index contributed by atoms with van der Waals surface area (Å²) in [6.45, 7) is 4.10. The van der Waals surface area contributed by atoms with E-state index in [0.717, 1.165) is 41.8 Å². The SMILES string of the molecule is CCCCCOc1cccc(C(=O)N(CCN(C)C)c2nc3ccc(Cl)cc3s2)c1. The van der Waals surface area contributed by atoms with Gasteiger partial charge in [0.1, 0.15) is 5.75 Å². The summed E-state index contributed by atoms with van der Waals surface area (Å²) in [6, 6.07) is 13.0. The first-order chi connectivity index (χ1) is 14.5. The quantitative estimate of drug-likeness (QED) is 0.374. The average Bonchev–Trinajstić information content (AvgIpc) is 3.14. The Morgan fingerprint density at radius 3 is 2.73 bits per heavy atom. The molecule has 3 aromatic rings. The van der Waals surface area contributed by atoms with Crippen molar-refractivity contribution in [3.63, 3.8) is 0 Å². The van der Waals surface area contributed by atoms with Crippen LogP contribution < -0.4 is 9.64 Å². The molecule has 160 valence electrons. The van der Waals surface area contributed by atoms with E-state index in [1.165, 1.54) is 11.3 Å². The van der Waals surface area contributed by atoms with Crippen LogP contribution in [0.4, 0.5) is 5.13 Å². The van der Waals surface area contributed by atoms with Gasteiger partial charge in [-0.15, -0.1) is 0 Å². The molecule has 0 unspecified atom stereocenters. The van der Waals surface area contributed by atoms with Gasteiger partial charge in [-0.2, -0.15) is 0 Å². The minimum absolute atomic E-state index is 0.0824. The number of hydrogen-bond donors (Lipinski definition) is 0. The minimum Gasteiger partial charge on any atom is -0.494 e. The molecular weight excluding hydrogens is 418 g/mol. The minimum atomic E-state index is -0.0824. The molecule has 2 aromatic carbocycles. The summed E-state index contributed by atoms with van der Waals surface area (Å²) in [5.41, 5.74) is 1.44. The predicted molar refractivity (Wildman–Crippen MR) is 126 cm³/mol. The second-order valence-corrected chi connectivity index (χ2v) is 8.90. The van der Waals surface area contributed by atoms with Gasteiger partial charge in [-0.05, 0) is 56.9 Å². The lowest BCUT2D eigenvalue weighted by Crippen LogP contribution is -2.36. The Balaban J connectivity index is 1.84. The third-order valence-electron chi connectivity index (χ3n) is 4.68. The van der Waals surface area contributed by atoms with E-state index >= 15 is 0 Å². The number of anilines is 1. The van der Waals surface area contributed by atoms with E-state index < -0.39 is 0 Å². The van der Waals surface area contributed by atoms with Crippen LogP contribution in [0, 0.1) is 0 Å². The zero-order valence-electron chi connectivity index (χ0n) is 17.7. The van der Waals surface area contributed by atoms with E-state index in [9.17, 15) is 4.79 Å². The zero-order valence-corrected chi connectivity index (χ0v) is 19.3. The Kier molecular flexibility index (Phi) is 8.08. The summed E-state index contributed by atoms with van der Waals surface area (Å²) in [7, 11) is 3.98. The Morgan fingerprint density at radius 2 is 1.97 bits per heavy atom. The topological polar surface area (TPSA) is 45.7 Å². The normalized spacial score (nSPS) is 11.2. The van der Waals surface area contributed by atoms with Crippen LogP contribution >= 0.6 is 22.9 Å². The molecule has 0 aliphatic rings. The monoisotopic (exact) mass is 445 g/mol. The van der Waals surface area contributed by atoms with Crippen molar-refractivity contribution in [2.24, 2.45) is 0 Å². The van der Waals surface area contributed by atoms with E-state index in [4.69, 9.17) is 16.3 Å². The van der Waals surface area contributed by atoms with Gasteiger partial charge in [-0.25, -0.2) is 4.98 Å². The number of carbonyl (C=O) groups is 1. The van der Waals surface area contributed by atoms with Crippen molar-refractivity contribution in [3.8, 4) is 5.75 Å². The zero-order chi connectivity index (χ0) is 21.5. The van der Waals surface area contributed by atoms with Crippen molar-refractivity contribution in [3.05, 3.63) is 53.1 Å². The van der Waals surface area contributed by atoms with E-state index in [-0.39, 0.29) is 5.91 Å². The molecule has 7 heteroatoms. The fraction of sp³-hybridized carbons (Fsp3) is 0.391. The van der Waals surface area contributed by atoms with Gasteiger partial charge in [-0.3, -0.25) is 9.69 Å². The largest absolute Gasteiger partial charge is 0.494 e. The average molecular weight is 446 g/mol. The third kappa shape index (κ3) is 5.94. The predicted octanol–water partition coefficient (Wildman–Crippen LogP) is 5.73. The summed E-state index contributed by atoms with van der Waals surface area (Å²) in [6.07, 6.45) is 3.30. The number of amides is 1. The number of halogens is 1. The van der Waals surface area contributed by atoms with E-state index in [1.807, 2.05) is 56.6 Å². The van der Waals surface area contributed by atoms with E-state index in [1.54, 1.807) is 4.90 Å². The smallest absolute Gasteiger partial charge is 0.260 e. The molecular formula is C23H28ClN3O2S. The number of ether oxygens (including phenoxy) is 1. The fourth-order valence-electron chi connectivity index (χ4n) is 3.00. The van der Waals surface area contributed by atoms with Crippen molar-refractivity contribution in [2.45, 2.75) is 26.2 Å². The number of hydrogen-bond acceptors (Lipinski definition) is 5. The number of benzene rings is 2. The van der Waals surface area contributed by atoms with Gasteiger partial charge in [0.25, 0.3) is 5.91 Å². The number of unbranched alkanes of at least 4 members (excludes halogenated alkanes) is 2. The molecule has 5 nitrogen and oxygen atoms in total. The third-order valence-corrected chi connectivity index (χ3v) is 5.96. The fourth-order valence-corrected chi connectivity index (χ4v) is 4.27. The van der Waals surface area contributed by atoms with Gasteiger partial charge < -0.3 is 9.64 Å². The molecule has 0 saturated carbocycles. The summed E-state index contributed by atoms with van der Waals surface area (Å²) in [4.78, 5) is 21.9. The maximum Gasteiger partial charge on any atom is 0.260 e. The lowest BCUT2D eigenvalue weighted by Gasteiger charge is -2.22. The number of aromatic nitrogens is 1. The molecule has 0 saturated heterocycles. The first-order valence-electron chi connectivity index (χ1n) is 10.2. The Morgan fingerprint density at radius 1 is 1.13 bits per heavy atom. The van der Waals surface area contributed by atoms with Crippen molar-refractivity contribution >= 4 is 44.2 Å². The summed E-state index contributed by atoms with van der Waals surface area (Å²) in [5, 5.41) is 1.34. The maximum atomic E-state index is 13.4. The molecule has 0 spiro atoms. The highest BCUT2D eigenvalue weighted by Gasteiger charge is 2.22. The number of likely N-dealkylation sites (N-methyl/N-ethyl adjacent to an activating group) is 1. The molecule has 0 fully saturated rings. The summed E-state index contributed by atoms with van der Waals surface area (Å²) >= 11 is 7.60. The van der Waals surface area contributed by atoms with Gasteiger partial charge >= 0.3 is 0 Å². The first kappa shape index (κ1) is 22.5. The maximum absolute atomic E-state index is 13.4. The molecule has 1 amide bonds. The Labute approximate surface area is 187 Å². The van der Waals surface area contributed by atoms with Crippen LogP contribution in [-0.4, -0.2) is 49.6 Å². The van der Waals surface area contributed by atoms with Gasteiger partial charge in [0.15, 0.2) is 5.13 Å². The second-order valence-electron chi connectivity index (χ2n) is 7.45. The van der Waals surface area contributed by atoms with Crippen molar-refractivity contribution < 1.29 is 9.53 Å². The van der Waals surface area contributed by atoms with Crippen molar-refractivity contribution in [1.29, 1.82) is 0 Å². The molecule has 3 rings (SSSR count). The highest BCUT2D eigenvalue weighted by Crippen LogP contribution is 2.31. The number of nitrogens with zero attached hydrogens (tertiary/aromatic N) is 3. The highest BCUT2D eigenvalue weighted by atomic mass is 35.5. The van der Waals surface area contributed by atoms with Crippen LogP contribution in [0.15, 0.2) is 42.5 Å². The molecule has 1 heterocycles. The van der Waals surface area contributed by atoms with Crippen LogP contribution in [0.25, 0.3) is 10.2 Å². The molecule has 0 aliphatic heterocycles. The molecule has 30 heavy (non-hydrogen) atoms. The van der Waals surface area contributed by atoms with Gasteiger partial charge in [0.05, 0.1) is 16.8 Å². The van der Waals surface area contributed by atoms with Gasteiger partial charge in [-0.1, -0.05) is 48.8 Å². The number of carbonyl (C=O) groups excluding carboxylic acids is 1. The van der Waals surface area contributed by atoms with Crippen LogP contribution in [-0.2, 0) is 0 Å². The van der Waals surface area contributed by atoms with Crippen molar-refractivity contribution in [2.75, 3.05) is 38.7 Å². The van der Waals surface area contributed by atoms with E-state index in [0.29, 0.717) is 28.9 Å². The number of fused-ring (bicyclic) bond motifs is 1. The summed E-state index contributed by atoms with van der Waals surface area (Å²) < 4.78 is 6.80. The Bertz CT molecular complexity index is 989.